The third-order valence-corrected chi connectivity index (χ3v) is 7.28. The predicted molar refractivity (Wildman–Crippen MR) is 145 cm³/mol. The summed E-state index contributed by atoms with van der Waals surface area (Å²) in [6.07, 6.45) is 2.05. The summed E-state index contributed by atoms with van der Waals surface area (Å²) in [5.41, 5.74) is 4.46. The molecule has 0 aliphatic carbocycles. The zero-order valence-electron chi connectivity index (χ0n) is 21.1. The van der Waals surface area contributed by atoms with Crippen molar-refractivity contribution < 1.29 is 17.7 Å². The number of nitrogens with one attached hydrogen (secondary N) is 1. The highest BCUT2D eigenvalue weighted by molar-refractivity contribution is 7.89. The molecule has 3 N–H and O–H groups in total. The van der Waals surface area contributed by atoms with Crippen LogP contribution in [-0.4, -0.2) is 34.5 Å². The summed E-state index contributed by atoms with van der Waals surface area (Å²) in [7, 11) is -3.81. The van der Waals surface area contributed by atoms with E-state index in [9.17, 15) is 13.2 Å². The van der Waals surface area contributed by atoms with Gasteiger partial charge in [-0.2, -0.15) is 0 Å². The van der Waals surface area contributed by atoms with E-state index in [1.165, 1.54) is 16.8 Å². The number of nitrogens with zero attached hydrogens (tertiary/aromatic N) is 4. The Morgan fingerprint density at radius 3 is 2.31 bits per heavy atom. The Hall–Kier alpha value is -4.61. The molecule has 0 bridgehead atoms. The van der Waals surface area contributed by atoms with Crippen LogP contribution in [0.5, 0.6) is 0 Å². The number of amides is 1. The first kappa shape index (κ1) is 26.0. The maximum absolute atomic E-state index is 13.6. The molecule has 11 heteroatoms. The first-order valence-corrected chi connectivity index (χ1v) is 13.7. The van der Waals surface area contributed by atoms with Crippen molar-refractivity contribution in [2.45, 2.75) is 30.8 Å². The largest absolute Gasteiger partial charge is 0.361 e. The van der Waals surface area contributed by atoms with E-state index in [-0.39, 0.29) is 17.3 Å². The summed E-state index contributed by atoms with van der Waals surface area (Å²) < 4.78 is 30.1. The number of primary sulfonamides is 1. The molecule has 0 fully saturated rings. The van der Waals surface area contributed by atoms with Crippen molar-refractivity contribution in [1.29, 1.82) is 0 Å². The molecule has 2 aromatic heterocycles. The number of sulfonamides is 1. The van der Waals surface area contributed by atoms with Crippen LogP contribution in [0.3, 0.4) is 0 Å². The average Bonchev–Trinajstić information content (AvgIpc) is 3.58. The van der Waals surface area contributed by atoms with E-state index in [1.54, 1.807) is 18.3 Å². The lowest BCUT2D eigenvalue weighted by Crippen LogP contribution is -2.34. The second-order valence-electron chi connectivity index (χ2n) is 9.01. The summed E-state index contributed by atoms with van der Waals surface area (Å²) in [6, 6.07) is 24.6. The maximum Gasteiger partial charge on any atom is 0.245 e. The second-order valence-corrected chi connectivity index (χ2v) is 10.6. The van der Waals surface area contributed by atoms with Gasteiger partial charge >= 0.3 is 0 Å². The first-order valence-electron chi connectivity index (χ1n) is 12.2. The summed E-state index contributed by atoms with van der Waals surface area (Å²) in [4.78, 5) is 13.6. The number of rotatable bonds is 9. The number of hydrogen-bond acceptors (Lipinski definition) is 7. The number of aromatic nitrogens is 4. The average molecular weight is 543 g/mol. The molecule has 1 atom stereocenters. The van der Waals surface area contributed by atoms with Gasteiger partial charge in [-0.15, -0.1) is 5.10 Å². The quantitative estimate of drug-likeness (QED) is 0.289. The van der Waals surface area contributed by atoms with Crippen LogP contribution in [0.2, 0.25) is 0 Å². The van der Waals surface area contributed by atoms with Gasteiger partial charge < -0.3 is 9.84 Å². The van der Waals surface area contributed by atoms with Crippen molar-refractivity contribution in [3.8, 4) is 22.5 Å². The van der Waals surface area contributed by atoms with E-state index in [0.29, 0.717) is 29.1 Å². The molecule has 0 saturated heterocycles. The minimum atomic E-state index is -3.81. The van der Waals surface area contributed by atoms with Crippen LogP contribution >= 0.6 is 0 Å². The van der Waals surface area contributed by atoms with Gasteiger partial charge in [0.1, 0.15) is 23.2 Å². The van der Waals surface area contributed by atoms with Crippen molar-refractivity contribution in [1.82, 2.24) is 25.5 Å². The standard InChI is InChI=1S/C28H26N6O4S/c1-19-24(27(32-38-19)22-10-6-3-7-11-22)17-30-28(35)26(16-20-8-4-2-5-9-20)34-18-25(31-33-34)21-12-14-23(15-13-21)39(29,36)37/h2-15,18,26H,16-17H2,1H3,(H,30,35)(H2,29,36,37)/t26-/m0/s1. The topological polar surface area (TPSA) is 146 Å². The normalized spacial score (nSPS) is 12.3. The molecule has 5 aromatic rings. The molecular formula is C28H26N6O4S. The molecule has 0 radical (unpaired) electrons. The van der Waals surface area contributed by atoms with E-state index in [2.05, 4.69) is 20.8 Å². The van der Waals surface area contributed by atoms with Crippen LogP contribution in [0, 0.1) is 6.92 Å². The van der Waals surface area contributed by atoms with E-state index < -0.39 is 16.1 Å². The number of nitrogens with two attached hydrogens (primary N) is 1. The van der Waals surface area contributed by atoms with Crippen LogP contribution in [0.25, 0.3) is 22.5 Å². The fourth-order valence-corrected chi connectivity index (χ4v) is 4.75. The lowest BCUT2D eigenvalue weighted by atomic mass is 10.0. The molecule has 0 aliphatic rings. The number of benzene rings is 3. The SMILES string of the molecule is Cc1onc(-c2ccccc2)c1CNC(=O)[C@H](Cc1ccccc1)n1cc(-c2ccc(S(N)(=O)=O)cc2)nn1. The van der Waals surface area contributed by atoms with Crippen LogP contribution in [0.1, 0.15) is 22.9 Å². The molecule has 1 amide bonds. The first-order chi connectivity index (χ1) is 18.8. The second kappa shape index (κ2) is 11.0. The molecule has 5 rings (SSSR count). The smallest absolute Gasteiger partial charge is 0.245 e. The fraction of sp³-hybridized carbons (Fsp3) is 0.143. The van der Waals surface area contributed by atoms with Crippen molar-refractivity contribution >= 4 is 15.9 Å². The zero-order chi connectivity index (χ0) is 27.4. The monoisotopic (exact) mass is 542 g/mol. The minimum absolute atomic E-state index is 0.00104. The Kier molecular flexibility index (Phi) is 7.35. The summed E-state index contributed by atoms with van der Waals surface area (Å²) in [5, 5.41) is 20.9. The summed E-state index contributed by atoms with van der Waals surface area (Å²) in [6.45, 7) is 2.04. The van der Waals surface area contributed by atoms with Crippen molar-refractivity contribution in [3.63, 3.8) is 0 Å². The van der Waals surface area contributed by atoms with Gasteiger partial charge in [0.05, 0.1) is 11.1 Å². The summed E-state index contributed by atoms with van der Waals surface area (Å²) in [5.74, 6) is 0.374. The lowest BCUT2D eigenvalue weighted by molar-refractivity contribution is -0.124. The molecule has 198 valence electrons. The fourth-order valence-electron chi connectivity index (χ4n) is 4.24. The Morgan fingerprint density at radius 1 is 0.974 bits per heavy atom. The number of aryl methyl sites for hydroxylation is 1. The maximum atomic E-state index is 13.6. The zero-order valence-corrected chi connectivity index (χ0v) is 21.9. The van der Waals surface area contributed by atoms with Gasteiger partial charge in [0.15, 0.2) is 0 Å². The van der Waals surface area contributed by atoms with Crippen molar-refractivity contribution in [2.24, 2.45) is 5.14 Å². The van der Waals surface area contributed by atoms with Crippen LogP contribution in [0.15, 0.2) is 101 Å². The third kappa shape index (κ3) is 5.95. The molecule has 3 aromatic carbocycles. The number of carbonyl (C=O) groups excluding carboxylic acids is 1. The predicted octanol–water partition coefficient (Wildman–Crippen LogP) is 3.66. The van der Waals surface area contributed by atoms with Crippen molar-refractivity contribution in [3.05, 3.63) is 108 Å². The summed E-state index contributed by atoms with van der Waals surface area (Å²) >= 11 is 0. The molecular weight excluding hydrogens is 516 g/mol. The van der Waals surface area contributed by atoms with E-state index in [4.69, 9.17) is 9.66 Å². The van der Waals surface area contributed by atoms with E-state index in [0.717, 1.165) is 16.7 Å². The van der Waals surface area contributed by atoms with Gasteiger partial charge in [-0.3, -0.25) is 4.79 Å². The van der Waals surface area contributed by atoms with Crippen LogP contribution in [-0.2, 0) is 27.8 Å². The van der Waals surface area contributed by atoms with E-state index >= 15 is 0 Å². The van der Waals surface area contributed by atoms with Crippen LogP contribution in [0.4, 0.5) is 0 Å². The molecule has 10 nitrogen and oxygen atoms in total. The lowest BCUT2D eigenvalue weighted by Gasteiger charge is -2.17. The van der Waals surface area contributed by atoms with Gasteiger partial charge in [0, 0.05) is 29.7 Å². The molecule has 0 aliphatic heterocycles. The highest BCUT2D eigenvalue weighted by Crippen LogP contribution is 2.26. The van der Waals surface area contributed by atoms with E-state index in [1.807, 2.05) is 67.6 Å². The van der Waals surface area contributed by atoms with Gasteiger partial charge in [-0.25, -0.2) is 18.2 Å². The molecule has 39 heavy (non-hydrogen) atoms. The van der Waals surface area contributed by atoms with Crippen molar-refractivity contribution in [2.75, 3.05) is 0 Å². The number of carbonyl (C=O) groups is 1. The molecule has 0 unspecified atom stereocenters. The van der Waals surface area contributed by atoms with Gasteiger partial charge in [0.2, 0.25) is 15.9 Å². The minimum Gasteiger partial charge on any atom is -0.361 e. The Labute approximate surface area is 225 Å². The van der Waals surface area contributed by atoms with Crippen LogP contribution < -0.4 is 10.5 Å². The third-order valence-electron chi connectivity index (χ3n) is 6.35. The molecule has 0 saturated carbocycles. The highest BCUT2D eigenvalue weighted by Gasteiger charge is 2.24. The van der Waals surface area contributed by atoms with Gasteiger partial charge in [-0.1, -0.05) is 83.2 Å². The molecule has 2 heterocycles. The Morgan fingerprint density at radius 2 is 1.64 bits per heavy atom. The highest BCUT2D eigenvalue weighted by atomic mass is 32.2. The van der Waals surface area contributed by atoms with Gasteiger partial charge in [0.25, 0.3) is 0 Å². The number of hydrogen-bond donors (Lipinski definition) is 2. The van der Waals surface area contributed by atoms with Gasteiger partial charge in [-0.05, 0) is 24.6 Å². The Bertz CT molecular complexity index is 1680. The molecule has 0 spiro atoms. The Balaban J connectivity index is 1.40.